The van der Waals surface area contributed by atoms with E-state index in [0.717, 1.165) is 41.5 Å². The minimum Gasteiger partial charge on any atom is -0.457 e. The monoisotopic (exact) mass is 438 g/mol. The number of piperidine rings is 1. The largest absolute Gasteiger partial charge is 0.457 e. The third-order valence-electron chi connectivity index (χ3n) is 5.35. The zero-order chi connectivity index (χ0) is 22.0. The van der Waals surface area contributed by atoms with Crippen LogP contribution in [-0.2, 0) is 9.59 Å². The summed E-state index contributed by atoms with van der Waals surface area (Å²) < 4.78 is 5.80. The summed E-state index contributed by atoms with van der Waals surface area (Å²) >= 11 is 0.806. The summed E-state index contributed by atoms with van der Waals surface area (Å²) in [5.41, 5.74) is 1.41. The molecule has 7 nitrogen and oxygen atoms in total. The minimum atomic E-state index is -0.482. The van der Waals surface area contributed by atoms with Crippen LogP contribution < -0.4 is 0 Å². The smallest absolute Gasteiger partial charge is 0.294 e. The summed E-state index contributed by atoms with van der Waals surface area (Å²) in [4.78, 5) is 51.8. The van der Waals surface area contributed by atoms with Crippen molar-refractivity contribution in [2.75, 3.05) is 19.6 Å². The lowest BCUT2D eigenvalue weighted by Crippen LogP contribution is -2.44. The number of carbonyl (C=O) groups is 4. The van der Waals surface area contributed by atoms with Crippen molar-refractivity contribution >= 4 is 40.7 Å². The first-order valence-electron chi connectivity index (χ1n) is 10.2. The van der Waals surface area contributed by atoms with Crippen LogP contribution in [0.4, 0.5) is 4.79 Å². The number of imide groups is 1. The molecular formula is C23H22N2O5S. The van der Waals surface area contributed by atoms with Crippen LogP contribution in [0.25, 0.3) is 17.4 Å². The van der Waals surface area contributed by atoms with Gasteiger partial charge in [0.1, 0.15) is 18.1 Å². The molecular weight excluding hydrogens is 416 g/mol. The van der Waals surface area contributed by atoms with Gasteiger partial charge in [0, 0.05) is 30.3 Å². The van der Waals surface area contributed by atoms with Gasteiger partial charge in [-0.2, -0.15) is 0 Å². The van der Waals surface area contributed by atoms with Crippen molar-refractivity contribution in [3.05, 3.63) is 52.6 Å². The second-order valence-electron chi connectivity index (χ2n) is 7.54. The molecule has 0 N–H and O–H groups in total. The molecule has 160 valence electrons. The highest BCUT2D eigenvalue weighted by Crippen LogP contribution is 2.33. The quantitative estimate of drug-likeness (QED) is 0.514. The minimum absolute atomic E-state index is 0.0128. The predicted octanol–water partition coefficient (Wildman–Crippen LogP) is 4.20. The van der Waals surface area contributed by atoms with Gasteiger partial charge in [0.2, 0.25) is 5.91 Å². The molecule has 0 radical (unpaired) electrons. The maximum absolute atomic E-state index is 12.7. The van der Waals surface area contributed by atoms with Crippen LogP contribution in [0.5, 0.6) is 0 Å². The van der Waals surface area contributed by atoms with Gasteiger partial charge in [-0.15, -0.1) is 0 Å². The van der Waals surface area contributed by atoms with Crippen molar-refractivity contribution < 1.29 is 23.6 Å². The van der Waals surface area contributed by atoms with Crippen molar-refractivity contribution in [1.82, 2.24) is 9.80 Å². The third-order valence-corrected chi connectivity index (χ3v) is 6.26. The van der Waals surface area contributed by atoms with Gasteiger partial charge in [-0.05, 0) is 50.1 Å². The number of ketones is 1. The molecule has 31 heavy (non-hydrogen) atoms. The average Bonchev–Trinajstić information content (AvgIpc) is 3.35. The molecule has 1 aromatic heterocycles. The van der Waals surface area contributed by atoms with E-state index >= 15 is 0 Å². The summed E-state index contributed by atoms with van der Waals surface area (Å²) in [7, 11) is 0. The number of carbonyl (C=O) groups excluding carboxylic acids is 4. The SMILES string of the molecule is CC(=O)c1ccc(-c2ccc(/C=C3\SC(=O)N(CC(=O)N4CCCCC4)C3=O)o2)cc1. The Labute approximate surface area is 184 Å². The number of amides is 3. The topological polar surface area (TPSA) is 87.9 Å². The van der Waals surface area contributed by atoms with Gasteiger partial charge < -0.3 is 9.32 Å². The molecule has 0 spiro atoms. The van der Waals surface area contributed by atoms with Crippen molar-refractivity contribution in [2.45, 2.75) is 26.2 Å². The summed E-state index contributed by atoms with van der Waals surface area (Å²) in [5, 5.41) is -0.451. The Kier molecular flexibility index (Phi) is 6.08. The van der Waals surface area contributed by atoms with E-state index in [-0.39, 0.29) is 23.1 Å². The van der Waals surface area contributed by atoms with Crippen LogP contribution >= 0.6 is 11.8 Å². The highest BCUT2D eigenvalue weighted by Gasteiger charge is 2.37. The number of benzene rings is 1. The Morgan fingerprint density at radius 1 is 1.03 bits per heavy atom. The highest BCUT2D eigenvalue weighted by atomic mass is 32.2. The maximum atomic E-state index is 12.7. The number of hydrogen-bond acceptors (Lipinski definition) is 6. The Morgan fingerprint density at radius 3 is 2.42 bits per heavy atom. The Bertz CT molecular complexity index is 1060. The fourth-order valence-corrected chi connectivity index (χ4v) is 4.42. The predicted molar refractivity (Wildman–Crippen MR) is 117 cm³/mol. The molecule has 0 bridgehead atoms. The zero-order valence-electron chi connectivity index (χ0n) is 17.1. The number of Topliss-reactive ketones (excluding diaryl/α,β-unsaturated/α-hetero) is 1. The third kappa shape index (κ3) is 4.64. The van der Waals surface area contributed by atoms with E-state index in [1.54, 1.807) is 41.3 Å². The molecule has 2 aliphatic heterocycles. The van der Waals surface area contributed by atoms with Crippen LogP contribution in [0.3, 0.4) is 0 Å². The molecule has 1 aromatic carbocycles. The van der Waals surface area contributed by atoms with Crippen LogP contribution in [0, 0.1) is 0 Å². The lowest BCUT2D eigenvalue weighted by Gasteiger charge is -2.27. The van der Waals surface area contributed by atoms with Gasteiger partial charge in [-0.1, -0.05) is 24.3 Å². The number of thioether (sulfide) groups is 1. The molecule has 0 saturated carbocycles. The molecule has 0 aliphatic carbocycles. The number of nitrogens with zero attached hydrogens (tertiary/aromatic N) is 2. The van der Waals surface area contributed by atoms with Gasteiger partial charge in [0.25, 0.3) is 11.1 Å². The van der Waals surface area contributed by atoms with Crippen molar-refractivity contribution in [3.63, 3.8) is 0 Å². The molecule has 0 atom stereocenters. The Morgan fingerprint density at radius 2 is 1.74 bits per heavy atom. The zero-order valence-corrected chi connectivity index (χ0v) is 17.9. The molecule has 8 heteroatoms. The van der Waals surface area contributed by atoms with Crippen LogP contribution in [-0.4, -0.2) is 52.3 Å². The number of furan rings is 1. The Balaban J connectivity index is 1.45. The summed E-state index contributed by atoms with van der Waals surface area (Å²) in [6.07, 6.45) is 4.52. The van der Waals surface area contributed by atoms with Gasteiger partial charge in [0.05, 0.1) is 4.91 Å². The van der Waals surface area contributed by atoms with Gasteiger partial charge in [-0.25, -0.2) is 0 Å². The normalized spacial score (nSPS) is 18.2. The molecule has 2 aromatic rings. The second-order valence-corrected chi connectivity index (χ2v) is 8.54. The van der Waals surface area contributed by atoms with Gasteiger partial charge >= 0.3 is 0 Å². The number of rotatable bonds is 5. The van der Waals surface area contributed by atoms with E-state index in [2.05, 4.69) is 0 Å². The first-order chi connectivity index (χ1) is 14.9. The molecule has 2 fully saturated rings. The van der Waals surface area contributed by atoms with E-state index < -0.39 is 11.1 Å². The van der Waals surface area contributed by atoms with E-state index in [1.165, 1.54) is 13.0 Å². The number of hydrogen-bond donors (Lipinski definition) is 0. The molecule has 2 saturated heterocycles. The molecule has 3 amide bonds. The summed E-state index contributed by atoms with van der Waals surface area (Å²) in [5.74, 6) is 0.321. The van der Waals surface area contributed by atoms with E-state index in [0.29, 0.717) is 30.2 Å². The molecule has 2 aliphatic rings. The van der Waals surface area contributed by atoms with Crippen molar-refractivity contribution in [3.8, 4) is 11.3 Å². The van der Waals surface area contributed by atoms with Crippen molar-refractivity contribution in [1.29, 1.82) is 0 Å². The fraction of sp³-hybridized carbons (Fsp3) is 0.304. The average molecular weight is 439 g/mol. The molecule has 3 heterocycles. The van der Waals surface area contributed by atoms with Crippen molar-refractivity contribution in [2.24, 2.45) is 0 Å². The van der Waals surface area contributed by atoms with Crippen LogP contribution in [0.15, 0.2) is 45.7 Å². The second kappa shape index (κ2) is 8.93. The first-order valence-corrected chi connectivity index (χ1v) is 11.0. The van der Waals surface area contributed by atoms with Crippen LogP contribution in [0.1, 0.15) is 42.3 Å². The summed E-state index contributed by atoms with van der Waals surface area (Å²) in [6, 6.07) is 10.5. The summed E-state index contributed by atoms with van der Waals surface area (Å²) in [6.45, 7) is 2.63. The molecule has 4 rings (SSSR count). The fourth-order valence-electron chi connectivity index (χ4n) is 3.60. The highest BCUT2D eigenvalue weighted by molar-refractivity contribution is 8.18. The number of likely N-dealkylation sites (tertiary alicyclic amines) is 1. The van der Waals surface area contributed by atoms with Gasteiger partial charge in [-0.3, -0.25) is 24.1 Å². The van der Waals surface area contributed by atoms with Gasteiger partial charge in [0.15, 0.2) is 5.78 Å². The first kappa shape index (κ1) is 21.1. The lowest BCUT2D eigenvalue weighted by atomic mass is 10.1. The Hall–Kier alpha value is -3.13. The van der Waals surface area contributed by atoms with E-state index in [9.17, 15) is 19.2 Å². The standard InChI is InChI=1S/C23H22N2O5S/c1-15(26)16-5-7-17(8-6-16)19-10-9-18(30-19)13-20-22(28)25(23(29)31-20)14-21(27)24-11-3-2-4-12-24/h5-10,13H,2-4,11-12,14H2,1H3/b20-13-. The van der Waals surface area contributed by atoms with Crippen LogP contribution in [0.2, 0.25) is 0 Å². The maximum Gasteiger partial charge on any atom is 0.294 e. The lowest BCUT2D eigenvalue weighted by molar-refractivity contribution is -0.136. The van der Waals surface area contributed by atoms with E-state index in [1.807, 2.05) is 0 Å². The van der Waals surface area contributed by atoms with E-state index in [4.69, 9.17) is 4.42 Å². The molecule has 0 unspecified atom stereocenters.